The van der Waals surface area contributed by atoms with Crippen molar-refractivity contribution in [3.8, 4) is 0 Å². The van der Waals surface area contributed by atoms with E-state index in [1.165, 1.54) is 0 Å². The Morgan fingerprint density at radius 3 is 2.74 bits per heavy atom. The maximum atomic E-state index is 11.6. The van der Waals surface area contributed by atoms with Gasteiger partial charge in [-0.15, -0.1) is 0 Å². The lowest BCUT2D eigenvalue weighted by molar-refractivity contribution is -0.162. The highest BCUT2D eigenvalue weighted by Gasteiger charge is 2.45. The Kier molecular flexibility index (Phi) is 3.96. The Morgan fingerprint density at radius 2 is 2.21 bits per heavy atom. The molecule has 2 unspecified atom stereocenters. The molecule has 0 aliphatic carbocycles. The summed E-state index contributed by atoms with van der Waals surface area (Å²) in [6, 6.07) is 7.35. The minimum Gasteiger partial charge on any atom is -0.394 e. The SMILES string of the molecule is Cc1cccc(C2(CS(C)(=O)=O)OCC(CO)O2)c1. The van der Waals surface area contributed by atoms with E-state index < -0.39 is 21.7 Å². The monoisotopic (exact) mass is 286 g/mol. The van der Waals surface area contributed by atoms with Crippen molar-refractivity contribution in [2.24, 2.45) is 0 Å². The van der Waals surface area contributed by atoms with Gasteiger partial charge < -0.3 is 14.6 Å². The smallest absolute Gasteiger partial charge is 0.209 e. The number of aryl methyl sites for hydroxylation is 1. The first-order valence-corrected chi connectivity index (χ1v) is 8.08. The van der Waals surface area contributed by atoms with Crippen molar-refractivity contribution in [3.05, 3.63) is 35.4 Å². The minimum absolute atomic E-state index is 0.181. The van der Waals surface area contributed by atoms with Crippen LogP contribution in [0, 0.1) is 6.92 Å². The van der Waals surface area contributed by atoms with E-state index in [-0.39, 0.29) is 19.0 Å². The molecule has 0 spiro atoms. The lowest BCUT2D eigenvalue weighted by Crippen LogP contribution is -2.36. The van der Waals surface area contributed by atoms with Crippen molar-refractivity contribution < 1.29 is 23.0 Å². The first-order chi connectivity index (χ1) is 8.85. The molecule has 1 heterocycles. The van der Waals surface area contributed by atoms with Gasteiger partial charge in [-0.25, -0.2) is 8.42 Å². The lowest BCUT2D eigenvalue weighted by Gasteiger charge is -2.28. The number of rotatable bonds is 4. The first kappa shape index (κ1) is 14.5. The summed E-state index contributed by atoms with van der Waals surface area (Å²) in [5.41, 5.74) is 1.65. The molecule has 19 heavy (non-hydrogen) atoms. The van der Waals surface area contributed by atoms with Gasteiger partial charge in [-0.2, -0.15) is 0 Å². The van der Waals surface area contributed by atoms with Gasteiger partial charge in [0.2, 0.25) is 5.79 Å². The fourth-order valence-corrected chi connectivity index (χ4v) is 3.20. The van der Waals surface area contributed by atoms with Gasteiger partial charge in [-0.05, 0) is 6.92 Å². The summed E-state index contributed by atoms with van der Waals surface area (Å²) < 4.78 is 34.5. The predicted octanol–water partition coefficient (Wildman–Crippen LogP) is 0.600. The molecule has 1 N–H and O–H groups in total. The second-order valence-electron chi connectivity index (χ2n) is 4.93. The molecule has 0 aromatic heterocycles. The summed E-state index contributed by atoms with van der Waals surface area (Å²) in [5.74, 6) is -1.58. The average molecular weight is 286 g/mol. The predicted molar refractivity (Wildman–Crippen MR) is 70.5 cm³/mol. The molecule has 1 aromatic carbocycles. The largest absolute Gasteiger partial charge is 0.394 e. The number of benzene rings is 1. The molecule has 2 atom stereocenters. The molecule has 0 amide bonds. The number of hydrogen-bond donors (Lipinski definition) is 1. The fourth-order valence-electron chi connectivity index (χ4n) is 2.19. The molecule has 0 bridgehead atoms. The molecule has 0 saturated carbocycles. The van der Waals surface area contributed by atoms with Gasteiger partial charge in [0.15, 0.2) is 9.84 Å². The van der Waals surface area contributed by atoms with E-state index in [0.29, 0.717) is 5.56 Å². The Labute approximate surface area is 113 Å². The molecule has 1 saturated heterocycles. The van der Waals surface area contributed by atoms with Gasteiger partial charge in [-0.3, -0.25) is 0 Å². The van der Waals surface area contributed by atoms with Gasteiger partial charge in [0.05, 0.1) is 13.2 Å². The van der Waals surface area contributed by atoms with Gasteiger partial charge in [-0.1, -0.05) is 29.8 Å². The van der Waals surface area contributed by atoms with E-state index in [1.807, 2.05) is 25.1 Å². The molecular formula is C13H18O5S. The average Bonchev–Trinajstić information content (AvgIpc) is 2.71. The third kappa shape index (κ3) is 3.33. The van der Waals surface area contributed by atoms with E-state index in [9.17, 15) is 8.42 Å². The highest BCUT2D eigenvalue weighted by Crippen LogP contribution is 2.35. The zero-order chi connectivity index (χ0) is 14.1. The molecule has 106 valence electrons. The number of sulfone groups is 1. The van der Waals surface area contributed by atoms with Crippen LogP contribution in [0.4, 0.5) is 0 Å². The van der Waals surface area contributed by atoms with Crippen molar-refractivity contribution in [2.75, 3.05) is 25.2 Å². The van der Waals surface area contributed by atoms with Crippen molar-refractivity contribution in [1.29, 1.82) is 0 Å². The zero-order valence-corrected chi connectivity index (χ0v) is 11.8. The Balaban J connectivity index is 2.40. The van der Waals surface area contributed by atoms with E-state index in [0.717, 1.165) is 11.8 Å². The second-order valence-corrected chi connectivity index (χ2v) is 7.07. The standard InChI is InChI=1S/C13H18O5S/c1-10-4-3-5-11(6-10)13(9-19(2,15)16)17-8-12(7-14)18-13/h3-6,12,14H,7-9H2,1-2H3. The van der Waals surface area contributed by atoms with Gasteiger partial charge >= 0.3 is 0 Å². The van der Waals surface area contributed by atoms with Gasteiger partial charge in [0.1, 0.15) is 11.9 Å². The van der Waals surface area contributed by atoms with E-state index in [2.05, 4.69) is 0 Å². The summed E-state index contributed by atoms with van der Waals surface area (Å²) >= 11 is 0. The summed E-state index contributed by atoms with van der Waals surface area (Å²) in [4.78, 5) is 0. The van der Waals surface area contributed by atoms with Crippen LogP contribution in [0.25, 0.3) is 0 Å². The van der Waals surface area contributed by atoms with Crippen molar-refractivity contribution in [2.45, 2.75) is 18.8 Å². The zero-order valence-electron chi connectivity index (χ0n) is 11.0. The van der Waals surface area contributed by atoms with Crippen molar-refractivity contribution in [1.82, 2.24) is 0 Å². The Hall–Kier alpha value is -0.950. The summed E-state index contributed by atoms with van der Waals surface area (Å²) in [5, 5.41) is 9.14. The quantitative estimate of drug-likeness (QED) is 0.877. The molecule has 6 heteroatoms. The highest BCUT2D eigenvalue weighted by atomic mass is 32.2. The third-order valence-corrected chi connectivity index (χ3v) is 3.88. The Morgan fingerprint density at radius 1 is 1.47 bits per heavy atom. The summed E-state index contributed by atoms with van der Waals surface area (Å²) in [7, 11) is -3.29. The van der Waals surface area contributed by atoms with Crippen LogP contribution in [-0.2, 0) is 25.1 Å². The van der Waals surface area contributed by atoms with Crippen LogP contribution in [0.15, 0.2) is 24.3 Å². The maximum Gasteiger partial charge on any atom is 0.209 e. The summed E-state index contributed by atoms with van der Waals surface area (Å²) in [6.07, 6.45) is 0.644. The highest BCUT2D eigenvalue weighted by molar-refractivity contribution is 7.90. The van der Waals surface area contributed by atoms with Gasteiger partial charge in [0, 0.05) is 11.8 Å². The minimum atomic E-state index is -3.29. The lowest BCUT2D eigenvalue weighted by atomic mass is 10.0. The van der Waals surface area contributed by atoms with Crippen molar-refractivity contribution in [3.63, 3.8) is 0 Å². The molecule has 1 aliphatic heterocycles. The third-order valence-electron chi connectivity index (χ3n) is 2.97. The fraction of sp³-hybridized carbons (Fsp3) is 0.538. The van der Waals surface area contributed by atoms with Crippen LogP contribution >= 0.6 is 0 Å². The molecule has 1 aromatic rings. The van der Waals surface area contributed by atoms with Crippen LogP contribution in [0.5, 0.6) is 0 Å². The normalized spacial score (nSPS) is 27.6. The summed E-state index contributed by atoms with van der Waals surface area (Å²) in [6.45, 7) is 1.90. The second kappa shape index (κ2) is 5.20. The molecule has 1 fully saturated rings. The molecule has 2 rings (SSSR count). The van der Waals surface area contributed by atoms with E-state index >= 15 is 0 Å². The number of aliphatic hydroxyl groups excluding tert-OH is 1. The molecule has 5 nitrogen and oxygen atoms in total. The number of aliphatic hydroxyl groups is 1. The van der Waals surface area contributed by atoms with Crippen LogP contribution in [0.1, 0.15) is 11.1 Å². The number of ether oxygens (including phenoxy) is 2. The van der Waals surface area contributed by atoms with Crippen LogP contribution in [0.2, 0.25) is 0 Å². The first-order valence-electron chi connectivity index (χ1n) is 6.02. The van der Waals surface area contributed by atoms with E-state index in [4.69, 9.17) is 14.6 Å². The van der Waals surface area contributed by atoms with E-state index in [1.54, 1.807) is 6.07 Å². The number of hydrogen-bond acceptors (Lipinski definition) is 5. The Bertz CT molecular complexity index is 554. The maximum absolute atomic E-state index is 11.6. The molecule has 1 aliphatic rings. The molecule has 0 radical (unpaired) electrons. The van der Waals surface area contributed by atoms with Crippen LogP contribution in [0.3, 0.4) is 0 Å². The van der Waals surface area contributed by atoms with Gasteiger partial charge in [0.25, 0.3) is 0 Å². The van der Waals surface area contributed by atoms with Crippen LogP contribution in [-0.4, -0.2) is 44.9 Å². The van der Waals surface area contributed by atoms with Crippen molar-refractivity contribution >= 4 is 9.84 Å². The van der Waals surface area contributed by atoms with Crippen LogP contribution < -0.4 is 0 Å². The molecular weight excluding hydrogens is 268 g/mol. The topological polar surface area (TPSA) is 72.8 Å².